The number of benzene rings is 8. The monoisotopic (exact) mass is 1830 g/mol. The highest BCUT2D eigenvalue weighted by Gasteiger charge is 2.35. The zero-order valence-electron chi connectivity index (χ0n) is 74.2. The van der Waals surface area contributed by atoms with Gasteiger partial charge < -0.3 is 43.2 Å². The Labute approximate surface area is 787 Å². The number of hydrogen-bond acceptors (Lipinski definition) is 13. The van der Waals surface area contributed by atoms with Crippen molar-refractivity contribution in [3.63, 3.8) is 0 Å². The summed E-state index contributed by atoms with van der Waals surface area (Å²) in [5, 5.41) is 4.30. The molecule has 8 aromatic carbocycles. The van der Waals surface area contributed by atoms with E-state index in [2.05, 4.69) is 81.7 Å². The first-order valence-electron chi connectivity index (χ1n) is 44.7. The minimum Gasteiger partial charge on any atom is -0.359 e. The van der Waals surface area contributed by atoms with E-state index in [1.165, 1.54) is 40.3 Å². The fourth-order valence-electron chi connectivity index (χ4n) is 18.5. The summed E-state index contributed by atoms with van der Waals surface area (Å²) in [7, 11) is 2.00. The number of anilines is 1. The topological polar surface area (TPSA) is 218 Å². The Balaban J connectivity index is 0.000000103. The van der Waals surface area contributed by atoms with Crippen molar-refractivity contribution in [2.24, 2.45) is 7.05 Å². The van der Waals surface area contributed by atoms with Crippen LogP contribution in [0.5, 0.6) is 0 Å². The van der Waals surface area contributed by atoms with Gasteiger partial charge in [0.1, 0.15) is 34.9 Å². The van der Waals surface area contributed by atoms with Gasteiger partial charge in [0.05, 0.1) is 107 Å². The second kappa shape index (κ2) is 36.9. The van der Waals surface area contributed by atoms with Crippen molar-refractivity contribution < 1.29 is 50.3 Å². The van der Waals surface area contributed by atoms with E-state index in [-0.39, 0.29) is 97.6 Å². The smallest absolute Gasteiger partial charge is 0.256 e. The second-order valence-corrected chi connectivity index (χ2v) is 34.7. The van der Waals surface area contributed by atoms with Crippen molar-refractivity contribution in [3.8, 4) is 55.8 Å². The van der Waals surface area contributed by atoms with Crippen molar-refractivity contribution in [2.45, 2.75) is 78.3 Å². The van der Waals surface area contributed by atoms with E-state index in [9.17, 15) is 50.3 Å². The van der Waals surface area contributed by atoms with Crippen molar-refractivity contribution in [3.05, 3.63) is 459 Å². The highest BCUT2D eigenvalue weighted by molar-refractivity contribution is 6.01. The fourth-order valence-corrected chi connectivity index (χ4v) is 18.5. The summed E-state index contributed by atoms with van der Waals surface area (Å²) >= 11 is 0. The van der Waals surface area contributed by atoms with Gasteiger partial charge in [0.2, 0.25) is 0 Å². The Morgan fingerprint density at radius 1 is 0.355 bits per heavy atom. The molecular formula is C111H82F6N16O5. The molecule has 1 aliphatic carbocycles. The van der Waals surface area contributed by atoms with Gasteiger partial charge >= 0.3 is 0 Å². The normalized spacial score (nSPS) is 13.9. The molecule has 0 spiro atoms. The molecule has 16 heterocycles. The number of nitrogens with one attached hydrogen (secondary N) is 1. The Morgan fingerprint density at radius 3 is 1.28 bits per heavy atom. The molecule has 0 unspecified atom stereocenters. The molecular weight excluding hydrogens is 1750 g/mol. The van der Waals surface area contributed by atoms with Crippen LogP contribution in [-0.4, -0.2) is 102 Å². The molecule has 21 nitrogen and oxygen atoms in total. The molecule has 18 aromatic rings. The molecule has 138 heavy (non-hydrogen) atoms. The van der Waals surface area contributed by atoms with Crippen molar-refractivity contribution in [1.29, 1.82) is 0 Å². The number of imidazole rings is 1. The second-order valence-electron chi connectivity index (χ2n) is 34.7. The van der Waals surface area contributed by atoms with Crippen LogP contribution in [0.15, 0.2) is 323 Å². The number of carbonyl (C=O) groups excluding carboxylic acids is 5. The van der Waals surface area contributed by atoms with Crippen LogP contribution in [0.1, 0.15) is 125 Å². The molecule has 0 atom stereocenters. The van der Waals surface area contributed by atoms with E-state index in [4.69, 9.17) is 0 Å². The predicted octanol–water partition coefficient (Wildman–Crippen LogP) is 21.2. The van der Waals surface area contributed by atoms with E-state index in [1.54, 1.807) is 160 Å². The van der Waals surface area contributed by atoms with Crippen LogP contribution in [0.25, 0.3) is 83.9 Å². The maximum atomic E-state index is 14.8. The first-order valence-corrected chi connectivity index (χ1v) is 44.7. The number of amides is 5. The number of aromatic nitrogens is 10. The molecule has 1 N–H and O–H groups in total. The van der Waals surface area contributed by atoms with E-state index >= 15 is 0 Å². The zero-order chi connectivity index (χ0) is 94.5. The molecule has 0 saturated carbocycles. The van der Waals surface area contributed by atoms with Gasteiger partial charge in [0, 0.05) is 169 Å². The van der Waals surface area contributed by atoms with Gasteiger partial charge in [-0.1, -0.05) is 104 Å². The average molecular weight is 1830 g/mol. The van der Waals surface area contributed by atoms with Gasteiger partial charge in [-0.25, -0.2) is 31.3 Å². The number of pyridine rings is 6. The van der Waals surface area contributed by atoms with Crippen LogP contribution < -0.4 is 5.32 Å². The highest BCUT2D eigenvalue weighted by Crippen LogP contribution is 2.38. The Hall–Kier alpha value is -17.4. The van der Waals surface area contributed by atoms with Gasteiger partial charge in [-0.3, -0.25) is 53.9 Å². The standard InChI is InChI=1S/C23H17F2N3O.C23H18FN3O.C23H17FN2O.C22H16FN3O.C20H14FN5O/c1-13-7-16-8-14(4-5-21(16)27-13)15-9-19(24)18(20(25)10-15)11-28-12-22-17(23(28)29)3-2-6-26-22;1-26-10-8-17-11-15(6-7-22(17)26)16-4-5-18(20(24)12-16)13-27-14-21-19(23(27)28)3-2-9-25-21;24-21-12-18(17-7-6-15-3-1-4-16(15)11-17)8-9-19(21)13-26-14-22-20(23(26)27)5-2-10-25-22;23-20-11-15(16-7-8-18-3-2-10-25(18)12-16)5-6-17(20)13-26-14-21-19(22(26)27)4-1-9-24-21;21-16-8-13(17-11-25-7-6-23-19(25)9-24-17)3-4-14(16)10-26-12-18-15(20(26)27)2-1-5-22-18/h2-6,8-10,27H,1,7,11-12H2;2-12H,13-14H2,1H3;1-3,5-12H,4,13-14H2;1-12H,13-14H2;1-9,11H,10,12H2. The first kappa shape index (κ1) is 87.3. The maximum absolute atomic E-state index is 14.8. The lowest BCUT2D eigenvalue weighted by Gasteiger charge is -2.17. The summed E-state index contributed by atoms with van der Waals surface area (Å²) in [6, 6.07) is 68.7. The minimum absolute atomic E-state index is 0.0901. The molecule has 6 aliphatic heterocycles. The molecule has 0 saturated heterocycles. The molecule has 0 radical (unpaired) electrons. The van der Waals surface area contributed by atoms with Gasteiger partial charge in [-0.05, 0) is 213 Å². The number of hydrogen-bond donors (Lipinski definition) is 1. The third-order valence-electron chi connectivity index (χ3n) is 25.8. The zero-order valence-corrected chi connectivity index (χ0v) is 74.2. The molecule has 678 valence electrons. The van der Waals surface area contributed by atoms with Gasteiger partial charge in [-0.2, -0.15) is 0 Å². The van der Waals surface area contributed by atoms with Crippen molar-refractivity contribution in [2.75, 3.05) is 5.32 Å². The summed E-state index contributed by atoms with van der Waals surface area (Å²) in [6.45, 7) is 6.60. The number of nitrogens with zero attached hydrogens (tertiary/aromatic N) is 15. The molecule has 0 bridgehead atoms. The SMILES string of the molecule is C=C1Cc2cc(-c3cc(F)c(CN4Cc5ncccc5C4=O)c(F)c3)ccc2N1.Cn1ccc2cc(-c3ccc(CN4Cc5ncccc5C4=O)c(F)c3)ccc21.O=C1c2cccnc2CN1Cc1ccc(-c2ccc3c(c2)CC=C3)cc1F.O=C1c2cccnc2CN1Cc1ccc(-c2ccc3cccn3c2)cc1F.O=C1c2cccnc2CN1Cc1ccc(-c2cn3ccnc3cn2)cc1F. The van der Waals surface area contributed by atoms with Crippen LogP contribution in [0.4, 0.5) is 32.0 Å². The quantitative estimate of drug-likeness (QED) is 0.0946. The summed E-state index contributed by atoms with van der Waals surface area (Å²) in [5.74, 6) is -3.26. The van der Waals surface area contributed by atoms with Crippen LogP contribution >= 0.6 is 0 Å². The average Bonchev–Trinajstić information content (AvgIpc) is 1.57. The largest absolute Gasteiger partial charge is 0.359 e. The maximum Gasteiger partial charge on any atom is 0.256 e. The summed E-state index contributed by atoms with van der Waals surface area (Å²) in [5.41, 5.74) is 24.7. The minimum atomic E-state index is -0.667. The first-order chi connectivity index (χ1) is 67.1. The molecule has 25 rings (SSSR count). The number of allylic oxidation sites excluding steroid dienone is 2. The molecule has 5 amide bonds. The summed E-state index contributed by atoms with van der Waals surface area (Å²) < 4.78 is 94.5. The number of carbonyl (C=O) groups is 5. The lowest BCUT2D eigenvalue weighted by atomic mass is 9.99. The summed E-state index contributed by atoms with van der Waals surface area (Å²) in [4.78, 5) is 99.9. The summed E-state index contributed by atoms with van der Waals surface area (Å²) in [6.07, 6.45) is 27.1. The molecule has 27 heteroatoms. The molecule has 7 aliphatic rings. The Bertz CT molecular complexity index is 7840. The van der Waals surface area contributed by atoms with E-state index in [0.29, 0.717) is 105 Å². The van der Waals surface area contributed by atoms with Gasteiger partial charge in [0.25, 0.3) is 29.5 Å². The highest BCUT2D eigenvalue weighted by atomic mass is 19.2. The van der Waals surface area contributed by atoms with Crippen LogP contribution in [-0.2, 0) is 85.3 Å². The lowest BCUT2D eigenvalue weighted by Crippen LogP contribution is -2.24. The van der Waals surface area contributed by atoms with Gasteiger partial charge in [-0.15, -0.1) is 0 Å². The Morgan fingerprint density at radius 2 is 0.775 bits per heavy atom. The van der Waals surface area contributed by atoms with Crippen LogP contribution in [0.3, 0.4) is 0 Å². The molecule has 0 fully saturated rings. The third-order valence-corrected chi connectivity index (χ3v) is 25.8. The van der Waals surface area contributed by atoms with Crippen LogP contribution in [0, 0.1) is 34.9 Å². The van der Waals surface area contributed by atoms with Crippen molar-refractivity contribution in [1.82, 2.24) is 72.8 Å². The number of fused-ring (bicyclic) bond motifs is 10. The molecule has 10 aromatic heterocycles. The van der Waals surface area contributed by atoms with E-state index in [0.717, 1.165) is 107 Å². The Kier molecular flexibility index (Phi) is 23.3. The lowest BCUT2D eigenvalue weighted by molar-refractivity contribution is 0.0756. The fraction of sp³-hybridized carbons (Fsp3) is 0.117. The van der Waals surface area contributed by atoms with Crippen LogP contribution in [0.2, 0.25) is 0 Å². The predicted molar refractivity (Wildman–Crippen MR) is 511 cm³/mol. The number of rotatable bonds is 15. The number of aryl methyl sites for hydroxylation is 1. The van der Waals surface area contributed by atoms with E-state index < -0.39 is 11.6 Å². The number of halogens is 6. The van der Waals surface area contributed by atoms with Crippen molar-refractivity contribution >= 4 is 63.4 Å². The third kappa shape index (κ3) is 17.6. The van der Waals surface area contributed by atoms with E-state index in [1.807, 2.05) is 138 Å². The van der Waals surface area contributed by atoms with Gasteiger partial charge in [0.15, 0.2) is 5.65 Å².